The van der Waals surface area contributed by atoms with Crippen LogP contribution < -0.4 is 15.6 Å². The van der Waals surface area contributed by atoms with Gasteiger partial charge in [0.05, 0.1) is 13.2 Å². The maximum atomic E-state index is 14.2. The SMILES string of the molecule is CCOc1ccc(C(=O)NNC(=O)c2sc3cccc(F)c3c2COC)cc1. The van der Waals surface area contributed by atoms with E-state index < -0.39 is 17.6 Å². The molecule has 146 valence electrons. The minimum atomic E-state index is -0.535. The summed E-state index contributed by atoms with van der Waals surface area (Å²) in [5, 5.41) is 0.359. The fourth-order valence-electron chi connectivity index (χ4n) is 2.74. The van der Waals surface area contributed by atoms with Crippen molar-refractivity contribution in [1.29, 1.82) is 0 Å². The van der Waals surface area contributed by atoms with Gasteiger partial charge in [0.25, 0.3) is 11.8 Å². The standard InChI is InChI=1S/C20H19FN2O4S/c1-3-27-13-9-7-12(8-10-13)19(24)22-23-20(25)18-14(11-26-2)17-15(21)5-4-6-16(17)28-18/h4-10H,3,11H2,1-2H3,(H,22,24)(H,23,25). The fourth-order valence-corrected chi connectivity index (χ4v) is 3.86. The molecule has 0 spiro atoms. The molecule has 0 unspecified atom stereocenters. The Morgan fingerprint density at radius 3 is 2.46 bits per heavy atom. The van der Waals surface area contributed by atoms with E-state index in [1.54, 1.807) is 36.4 Å². The van der Waals surface area contributed by atoms with Gasteiger partial charge in [-0.1, -0.05) is 6.07 Å². The zero-order valence-electron chi connectivity index (χ0n) is 15.4. The smallest absolute Gasteiger partial charge is 0.280 e. The highest BCUT2D eigenvalue weighted by molar-refractivity contribution is 7.21. The van der Waals surface area contributed by atoms with Crippen molar-refractivity contribution in [3.63, 3.8) is 0 Å². The van der Waals surface area contributed by atoms with Gasteiger partial charge in [-0.25, -0.2) is 4.39 Å². The highest BCUT2D eigenvalue weighted by Crippen LogP contribution is 2.33. The van der Waals surface area contributed by atoms with E-state index in [4.69, 9.17) is 9.47 Å². The van der Waals surface area contributed by atoms with Crippen LogP contribution in [-0.2, 0) is 11.3 Å². The van der Waals surface area contributed by atoms with Crippen LogP contribution in [0.3, 0.4) is 0 Å². The van der Waals surface area contributed by atoms with Crippen molar-refractivity contribution in [2.45, 2.75) is 13.5 Å². The highest BCUT2D eigenvalue weighted by Gasteiger charge is 2.21. The maximum absolute atomic E-state index is 14.2. The van der Waals surface area contributed by atoms with E-state index in [0.717, 1.165) is 11.3 Å². The first-order chi connectivity index (χ1) is 13.5. The molecule has 3 aromatic rings. The summed E-state index contributed by atoms with van der Waals surface area (Å²) in [5.74, 6) is -0.776. The van der Waals surface area contributed by atoms with Crippen LogP contribution in [0.1, 0.15) is 32.5 Å². The Morgan fingerprint density at radius 2 is 1.79 bits per heavy atom. The van der Waals surface area contributed by atoms with E-state index in [1.165, 1.54) is 13.2 Å². The van der Waals surface area contributed by atoms with Gasteiger partial charge in [0.15, 0.2) is 0 Å². The first-order valence-corrected chi connectivity index (χ1v) is 9.39. The molecule has 8 heteroatoms. The monoisotopic (exact) mass is 402 g/mol. The fraction of sp³-hybridized carbons (Fsp3) is 0.200. The van der Waals surface area contributed by atoms with Crippen molar-refractivity contribution in [1.82, 2.24) is 10.9 Å². The molecule has 1 aromatic heterocycles. The predicted octanol–water partition coefficient (Wildman–Crippen LogP) is 3.66. The van der Waals surface area contributed by atoms with Gasteiger partial charge >= 0.3 is 0 Å². The number of methoxy groups -OCH3 is 1. The zero-order chi connectivity index (χ0) is 20.1. The van der Waals surface area contributed by atoms with Crippen LogP contribution in [0.25, 0.3) is 10.1 Å². The molecule has 0 saturated carbocycles. The normalized spacial score (nSPS) is 10.7. The number of nitrogens with one attached hydrogen (secondary N) is 2. The van der Waals surface area contributed by atoms with Crippen LogP contribution in [0.5, 0.6) is 5.75 Å². The summed E-state index contributed by atoms with van der Waals surface area (Å²) < 4.78 is 25.3. The molecule has 2 N–H and O–H groups in total. The van der Waals surface area contributed by atoms with Crippen LogP contribution in [0.4, 0.5) is 4.39 Å². The first kappa shape index (κ1) is 19.8. The van der Waals surface area contributed by atoms with E-state index in [9.17, 15) is 14.0 Å². The van der Waals surface area contributed by atoms with E-state index >= 15 is 0 Å². The lowest BCUT2D eigenvalue weighted by Gasteiger charge is -2.09. The maximum Gasteiger partial charge on any atom is 0.280 e. The quantitative estimate of drug-likeness (QED) is 0.617. The molecule has 6 nitrogen and oxygen atoms in total. The van der Waals surface area contributed by atoms with Gasteiger partial charge in [0, 0.05) is 28.3 Å². The van der Waals surface area contributed by atoms with E-state index in [0.29, 0.717) is 33.6 Å². The number of rotatable bonds is 6. The predicted molar refractivity (Wildman–Crippen MR) is 105 cm³/mol. The largest absolute Gasteiger partial charge is 0.494 e. The van der Waals surface area contributed by atoms with E-state index in [-0.39, 0.29) is 11.5 Å². The number of fused-ring (bicyclic) bond motifs is 1. The molecule has 1 heterocycles. The first-order valence-electron chi connectivity index (χ1n) is 8.57. The lowest BCUT2D eigenvalue weighted by atomic mass is 10.1. The van der Waals surface area contributed by atoms with Crippen LogP contribution >= 0.6 is 11.3 Å². The molecule has 0 fully saturated rings. The number of carbonyl (C=O) groups is 2. The topological polar surface area (TPSA) is 76.7 Å². The number of thiophene rings is 1. The number of carbonyl (C=O) groups excluding carboxylic acids is 2. The number of ether oxygens (including phenoxy) is 2. The summed E-state index contributed by atoms with van der Waals surface area (Å²) in [6, 6.07) is 11.2. The number of hydrogen-bond acceptors (Lipinski definition) is 5. The third kappa shape index (κ3) is 4.13. The van der Waals surface area contributed by atoms with Gasteiger partial charge < -0.3 is 9.47 Å². The second-order valence-electron chi connectivity index (χ2n) is 5.82. The van der Waals surface area contributed by atoms with Crippen molar-refractivity contribution in [2.75, 3.05) is 13.7 Å². The second kappa shape index (κ2) is 8.81. The third-order valence-corrected chi connectivity index (χ3v) is 5.17. The van der Waals surface area contributed by atoms with Gasteiger partial charge in [0.1, 0.15) is 16.4 Å². The van der Waals surface area contributed by atoms with Gasteiger partial charge in [-0.3, -0.25) is 20.4 Å². The summed E-state index contributed by atoms with van der Waals surface area (Å²) in [4.78, 5) is 25.1. The molecule has 0 atom stereocenters. The molecule has 28 heavy (non-hydrogen) atoms. The third-order valence-electron chi connectivity index (χ3n) is 3.98. The van der Waals surface area contributed by atoms with Gasteiger partial charge in [0.2, 0.25) is 0 Å². The summed E-state index contributed by atoms with van der Waals surface area (Å²) >= 11 is 1.14. The van der Waals surface area contributed by atoms with Crippen molar-refractivity contribution in [2.24, 2.45) is 0 Å². The molecular formula is C20H19FN2O4S. The lowest BCUT2D eigenvalue weighted by Crippen LogP contribution is -2.41. The Kier molecular flexibility index (Phi) is 6.23. The average molecular weight is 402 g/mol. The highest BCUT2D eigenvalue weighted by atomic mass is 32.1. The number of halogens is 1. The lowest BCUT2D eigenvalue weighted by molar-refractivity contribution is 0.0847. The summed E-state index contributed by atoms with van der Waals surface area (Å²) in [5.41, 5.74) is 5.57. The Bertz CT molecular complexity index is 1000. The minimum absolute atomic E-state index is 0.0799. The van der Waals surface area contributed by atoms with Crippen LogP contribution in [0, 0.1) is 5.82 Å². The molecule has 0 radical (unpaired) electrons. The molecule has 0 saturated heterocycles. The van der Waals surface area contributed by atoms with E-state index in [1.807, 2.05) is 6.92 Å². The van der Waals surface area contributed by atoms with E-state index in [2.05, 4.69) is 10.9 Å². The second-order valence-corrected chi connectivity index (χ2v) is 6.87. The molecule has 3 rings (SSSR count). The van der Waals surface area contributed by atoms with Crippen molar-refractivity contribution >= 4 is 33.2 Å². The Hall–Kier alpha value is -2.97. The summed E-state index contributed by atoms with van der Waals surface area (Å²) in [6.07, 6.45) is 0. The summed E-state index contributed by atoms with van der Waals surface area (Å²) in [7, 11) is 1.47. The molecule has 0 aliphatic heterocycles. The number of hydrazine groups is 1. The van der Waals surface area contributed by atoms with Crippen LogP contribution in [0.15, 0.2) is 42.5 Å². The van der Waals surface area contributed by atoms with Crippen molar-refractivity contribution in [3.8, 4) is 5.75 Å². The van der Waals surface area contributed by atoms with Crippen molar-refractivity contribution in [3.05, 3.63) is 64.3 Å². The summed E-state index contributed by atoms with van der Waals surface area (Å²) in [6.45, 7) is 2.48. The van der Waals surface area contributed by atoms with Crippen LogP contribution in [0.2, 0.25) is 0 Å². The minimum Gasteiger partial charge on any atom is -0.494 e. The van der Waals surface area contributed by atoms with Crippen molar-refractivity contribution < 1.29 is 23.5 Å². The van der Waals surface area contributed by atoms with Crippen LogP contribution in [-0.4, -0.2) is 25.5 Å². The molecule has 0 bridgehead atoms. The molecular weight excluding hydrogens is 383 g/mol. The Morgan fingerprint density at radius 1 is 1.07 bits per heavy atom. The number of hydrogen-bond donors (Lipinski definition) is 2. The molecule has 0 aliphatic rings. The Balaban J connectivity index is 1.75. The number of amides is 2. The van der Waals surface area contributed by atoms with Gasteiger partial charge in [-0.05, 0) is 43.3 Å². The average Bonchev–Trinajstić information content (AvgIpc) is 3.07. The number of benzene rings is 2. The molecule has 2 amide bonds. The molecule has 2 aromatic carbocycles. The zero-order valence-corrected chi connectivity index (χ0v) is 16.2. The van der Waals surface area contributed by atoms with Gasteiger partial charge in [-0.15, -0.1) is 11.3 Å². The Labute approximate surface area is 165 Å². The molecule has 0 aliphatic carbocycles. The van der Waals surface area contributed by atoms with Gasteiger partial charge in [-0.2, -0.15) is 0 Å².